The summed E-state index contributed by atoms with van der Waals surface area (Å²) in [7, 11) is 0. The predicted molar refractivity (Wildman–Crippen MR) is 84.3 cm³/mol. The molecule has 5 heteroatoms. The van der Waals surface area contributed by atoms with Gasteiger partial charge in [0, 0.05) is 19.1 Å². The summed E-state index contributed by atoms with van der Waals surface area (Å²) in [5.41, 5.74) is 0.435. The standard InChI is InChI=1S/C16H26N4O/c1-5-8-17-15-7-6-14(18-19-15)16(21)20-10-11(2)9-12(3)13(20)4/h6-7,11-13H,5,8-10H2,1-4H3,(H,17,19). The molecule has 0 radical (unpaired) electrons. The molecule has 5 nitrogen and oxygen atoms in total. The van der Waals surface area contributed by atoms with Gasteiger partial charge in [0.1, 0.15) is 5.82 Å². The number of rotatable bonds is 4. The van der Waals surface area contributed by atoms with E-state index in [1.165, 1.54) is 6.42 Å². The monoisotopic (exact) mass is 290 g/mol. The van der Waals surface area contributed by atoms with Crippen LogP contribution in [0.25, 0.3) is 0 Å². The Morgan fingerprint density at radius 2 is 2.10 bits per heavy atom. The van der Waals surface area contributed by atoms with Crippen molar-refractivity contribution >= 4 is 11.7 Å². The van der Waals surface area contributed by atoms with E-state index in [4.69, 9.17) is 0 Å². The molecule has 1 aliphatic heterocycles. The molecule has 2 rings (SSSR count). The third kappa shape index (κ3) is 3.71. The van der Waals surface area contributed by atoms with Gasteiger partial charge >= 0.3 is 0 Å². The van der Waals surface area contributed by atoms with E-state index in [1.807, 2.05) is 11.0 Å². The first kappa shape index (κ1) is 15.7. The van der Waals surface area contributed by atoms with Crippen molar-refractivity contribution in [2.24, 2.45) is 11.8 Å². The van der Waals surface area contributed by atoms with Gasteiger partial charge < -0.3 is 10.2 Å². The van der Waals surface area contributed by atoms with Crippen LogP contribution in [-0.4, -0.2) is 40.1 Å². The van der Waals surface area contributed by atoms with Crippen molar-refractivity contribution in [1.29, 1.82) is 0 Å². The maximum Gasteiger partial charge on any atom is 0.274 e. The fourth-order valence-electron chi connectivity index (χ4n) is 2.92. The molecule has 3 atom stereocenters. The number of carbonyl (C=O) groups excluding carboxylic acids is 1. The summed E-state index contributed by atoms with van der Waals surface area (Å²) in [4.78, 5) is 14.6. The molecular weight excluding hydrogens is 264 g/mol. The van der Waals surface area contributed by atoms with Crippen LogP contribution in [0.3, 0.4) is 0 Å². The van der Waals surface area contributed by atoms with E-state index in [0.29, 0.717) is 17.5 Å². The second kappa shape index (κ2) is 6.87. The zero-order valence-corrected chi connectivity index (χ0v) is 13.5. The SMILES string of the molecule is CCCNc1ccc(C(=O)N2CC(C)CC(C)C2C)nn1. The van der Waals surface area contributed by atoms with Crippen LogP contribution in [0, 0.1) is 11.8 Å². The molecule has 1 amide bonds. The molecule has 1 aromatic rings. The van der Waals surface area contributed by atoms with Gasteiger partial charge in [0.15, 0.2) is 5.69 Å². The lowest BCUT2D eigenvalue weighted by Gasteiger charge is -2.40. The zero-order valence-electron chi connectivity index (χ0n) is 13.5. The summed E-state index contributed by atoms with van der Waals surface area (Å²) >= 11 is 0. The van der Waals surface area contributed by atoms with Gasteiger partial charge in [0.2, 0.25) is 0 Å². The summed E-state index contributed by atoms with van der Waals surface area (Å²) in [6.45, 7) is 10.3. The second-order valence-electron chi connectivity index (χ2n) is 6.25. The van der Waals surface area contributed by atoms with Crippen molar-refractivity contribution in [2.45, 2.75) is 46.6 Å². The minimum atomic E-state index is -0.00422. The van der Waals surface area contributed by atoms with Crippen LogP contribution in [-0.2, 0) is 0 Å². The van der Waals surface area contributed by atoms with Gasteiger partial charge in [-0.1, -0.05) is 20.8 Å². The van der Waals surface area contributed by atoms with Crippen molar-refractivity contribution < 1.29 is 4.79 Å². The van der Waals surface area contributed by atoms with Crippen molar-refractivity contribution in [1.82, 2.24) is 15.1 Å². The molecule has 2 heterocycles. The number of anilines is 1. The van der Waals surface area contributed by atoms with Gasteiger partial charge in [-0.15, -0.1) is 10.2 Å². The number of hydrogen-bond donors (Lipinski definition) is 1. The Bertz CT molecular complexity index is 474. The van der Waals surface area contributed by atoms with E-state index in [2.05, 4.69) is 43.2 Å². The molecule has 0 aromatic carbocycles. The van der Waals surface area contributed by atoms with Crippen molar-refractivity contribution in [2.75, 3.05) is 18.4 Å². The summed E-state index contributed by atoms with van der Waals surface area (Å²) in [6.07, 6.45) is 2.21. The average molecular weight is 290 g/mol. The van der Waals surface area contributed by atoms with Crippen LogP contribution >= 0.6 is 0 Å². The summed E-state index contributed by atoms with van der Waals surface area (Å²) < 4.78 is 0. The first-order chi connectivity index (χ1) is 10.0. The van der Waals surface area contributed by atoms with Crippen LogP contribution < -0.4 is 5.32 Å². The second-order valence-corrected chi connectivity index (χ2v) is 6.25. The fourth-order valence-corrected chi connectivity index (χ4v) is 2.92. The molecular formula is C16H26N4O. The molecule has 1 N–H and O–H groups in total. The number of aromatic nitrogens is 2. The smallest absolute Gasteiger partial charge is 0.274 e. The Kier molecular flexibility index (Phi) is 5.15. The number of piperidine rings is 1. The number of carbonyl (C=O) groups is 1. The topological polar surface area (TPSA) is 58.1 Å². The molecule has 0 aliphatic carbocycles. The molecule has 0 saturated carbocycles. The van der Waals surface area contributed by atoms with Crippen molar-refractivity contribution in [3.05, 3.63) is 17.8 Å². The van der Waals surface area contributed by atoms with Gasteiger partial charge in [-0.2, -0.15) is 0 Å². The van der Waals surface area contributed by atoms with Crippen LogP contribution in [0.5, 0.6) is 0 Å². The minimum absolute atomic E-state index is 0.00422. The maximum absolute atomic E-state index is 12.6. The molecule has 1 fully saturated rings. The highest BCUT2D eigenvalue weighted by Crippen LogP contribution is 2.27. The Hall–Kier alpha value is -1.65. The van der Waals surface area contributed by atoms with E-state index in [9.17, 15) is 4.79 Å². The van der Waals surface area contributed by atoms with Gasteiger partial charge in [-0.05, 0) is 43.7 Å². The maximum atomic E-state index is 12.6. The summed E-state index contributed by atoms with van der Waals surface area (Å²) in [5.74, 6) is 1.78. The van der Waals surface area contributed by atoms with Gasteiger partial charge in [0.25, 0.3) is 5.91 Å². The van der Waals surface area contributed by atoms with Crippen LogP contribution in [0.15, 0.2) is 12.1 Å². The van der Waals surface area contributed by atoms with Gasteiger partial charge in [-0.25, -0.2) is 0 Å². The Morgan fingerprint density at radius 1 is 1.33 bits per heavy atom. The normalized spacial score (nSPS) is 25.7. The van der Waals surface area contributed by atoms with Crippen LogP contribution in [0.4, 0.5) is 5.82 Å². The zero-order chi connectivity index (χ0) is 15.4. The van der Waals surface area contributed by atoms with E-state index in [0.717, 1.165) is 25.3 Å². The van der Waals surface area contributed by atoms with Crippen LogP contribution in [0.2, 0.25) is 0 Å². The first-order valence-electron chi connectivity index (χ1n) is 7.91. The van der Waals surface area contributed by atoms with E-state index in [1.54, 1.807) is 6.07 Å². The largest absolute Gasteiger partial charge is 0.369 e. The van der Waals surface area contributed by atoms with Crippen molar-refractivity contribution in [3.63, 3.8) is 0 Å². The molecule has 0 spiro atoms. The number of likely N-dealkylation sites (tertiary alicyclic amines) is 1. The lowest BCUT2D eigenvalue weighted by Crippen LogP contribution is -2.49. The summed E-state index contributed by atoms with van der Waals surface area (Å²) in [5, 5.41) is 11.3. The lowest BCUT2D eigenvalue weighted by atomic mass is 9.86. The molecule has 116 valence electrons. The third-order valence-corrected chi connectivity index (χ3v) is 4.30. The molecule has 3 unspecified atom stereocenters. The number of nitrogens with zero attached hydrogens (tertiary/aromatic N) is 3. The van der Waals surface area contributed by atoms with E-state index < -0.39 is 0 Å². The molecule has 1 saturated heterocycles. The molecule has 1 aromatic heterocycles. The fraction of sp³-hybridized carbons (Fsp3) is 0.688. The Labute approximate surface area is 127 Å². The minimum Gasteiger partial charge on any atom is -0.369 e. The highest BCUT2D eigenvalue weighted by Gasteiger charge is 2.32. The van der Waals surface area contributed by atoms with Crippen molar-refractivity contribution in [3.8, 4) is 0 Å². The summed E-state index contributed by atoms with van der Waals surface area (Å²) in [6, 6.07) is 3.86. The van der Waals surface area contributed by atoms with E-state index in [-0.39, 0.29) is 11.9 Å². The number of hydrogen-bond acceptors (Lipinski definition) is 4. The highest BCUT2D eigenvalue weighted by molar-refractivity contribution is 5.92. The number of amides is 1. The van der Waals surface area contributed by atoms with Crippen LogP contribution in [0.1, 0.15) is 51.0 Å². The third-order valence-electron chi connectivity index (χ3n) is 4.30. The molecule has 0 bridgehead atoms. The highest BCUT2D eigenvalue weighted by atomic mass is 16.2. The quantitative estimate of drug-likeness (QED) is 0.926. The van der Waals surface area contributed by atoms with Gasteiger partial charge in [-0.3, -0.25) is 4.79 Å². The molecule has 1 aliphatic rings. The predicted octanol–water partition coefficient (Wildman–Crippen LogP) is 2.81. The average Bonchev–Trinajstić information content (AvgIpc) is 2.48. The lowest BCUT2D eigenvalue weighted by molar-refractivity contribution is 0.0449. The Balaban J connectivity index is 2.08. The Morgan fingerprint density at radius 3 is 2.71 bits per heavy atom. The van der Waals surface area contributed by atoms with E-state index >= 15 is 0 Å². The molecule has 21 heavy (non-hydrogen) atoms. The first-order valence-corrected chi connectivity index (χ1v) is 7.91. The number of nitrogens with one attached hydrogen (secondary N) is 1. The van der Waals surface area contributed by atoms with Gasteiger partial charge in [0.05, 0.1) is 0 Å².